The third kappa shape index (κ3) is 3.53. The molecule has 1 atom stereocenters. The molecule has 0 saturated carbocycles. The Balaban J connectivity index is 1.71. The van der Waals surface area contributed by atoms with E-state index < -0.39 is 11.9 Å². The lowest BCUT2D eigenvalue weighted by Gasteiger charge is -2.22. The van der Waals surface area contributed by atoms with Crippen LogP contribution in [0, 0.1) is 0 Å². The van der Waals surface area contributed by atoms with E-state index in [0.717, 1.165) is 35.5 Å². The van der Waals surface area contributed by atoms with Gasteiger partial charge in [0.2, 0.25) is 0 Å². The number of pyridine rings is 1. The van der Waals surface area contributed by atoms with E-state index in [1.54, 1.807) is 19.2 Å². The molecule has 1 aliphatic heterocycles. The monoisotopic (exact) mass is 375 g/mol. The third-order valence-corrected chi connectivity index (χ3v) is 4.97. The second-order valence-corrected chi connectivity index (χ2v) is 6.81. The van der Waals surface area contributed by atoms with Gasteiger partial charge in [-0.05, 0) is 43.5 Å². The van der Waals surface area contributed by atoms with Crippen molar-refractivity contribution in [2.45, 2.75) is 44.9 Å². The largest absolute Gasteiger partial charge is 0.433 e. The molecule has 1 fully saturated rings. The predicted octanol–water partition coefficient (Wildman–Crippen LogP) is 4.04. The molecule has 142 valence electrons. The summed E-state index contributed by atoms with van der Waals surface area (Å²) >= 11 is 0. The van der Waals surface area contributed by atoms with Crippen molar-refractivity contribution < 1.29 is 13.2 Å². The number of aryl methyl sites for hydroxylation is 1. The summed E-state index contributed by atoms with van der Waals surface area (Å²) in [5.41, 5.74) is 1.62. The Morgan fingerprint density at radius 1 is 1.26 bits per heavy atom. The van der Waals surface area contributed by atoms with E-state index >= 15 is 0 Å². The molecule has 0 bridgehead atoms. The molecule has 0 spiro atoms. The fourth-order valence-electron chi connectivity index (χ4n) is 3.67. The fraction of sp³-hybridized carbons (Fsp3) is 0.421. The Hall–Kier alpha value is -2.48. The fourth-order valence-corrected chi connectivity index (χ4v) is 3.67. The van der Waals surface area contributed by atoms with Crippen LogP contribution >= 0.6 is 0 Å². The first-order chi connectivity index (χ1) is 13.0. The Bertz CT molecular complexity index is 936. The average Bonchev–Trinajstić information content (AvgIpc) is 3.26. The molecule has 27 heavy (non-hydrogen) atoms. The first kappa shape index (κ1) is 17.9. The second kappa shape index (κ2) is 6.92. The van der Waals surface area contributed by atoms with Gasteiger partial charge in [0, 0.05) is 30.7 Å². The maximum atomic E-state index is 13.5. The molecule has 1 unspecified atom stereocenters. The number of alkyl halides is 3. The molecule has 5 nitrogen and oxygen atoms in total. The maximum absolute atomic E-state index is 13.5. The molecule has 4 heterocycles. The van der Waals surface area contributed by atoms with Gasteiger partial charge in [0.15, 0.2) is 5.65 Å². The molecular formula is C19H20F3N5. The molecule has 3 aromatic rings. The van der Waals surface area contributed by atoms with Crippen molar-refractivity contribution in [1.29, 1.82) is 0 Å². The molecule has 8 heteroatoms. The standard InChI is InChI=1S/C19H20F3N5/c1-2-14-9-17(19(20,21)22)27-18(24-14)10-15(25-27)16-6-4-8-26(16)12-13-5-3-7-23-11-13/h3,5,7,9-11,16H,2,4,6,8,12H2,1H3. The van der Waals surface area contributed by atoms with Crippen LogP contribution in [0.2, 0.25) is 0 Å². The van der Waals surface area contributed by atoms with E-state index in [1.807, 2.05) is 18.3 Å². The summed E-state index contributed by atoms with van der Waals surface area (Å²) in [6, 6.07) is 6.66. The van der Waals surface area contributed by atoms with Gasteiger partial charge in [0.1, 0.15) is 5.69 Å². The number of hydrogen-bond donors (Lipinski definition) is 0. The van der Waals surface area contributed by atoms with Crippen molar-refractivity contribution in [3.05, 3.63) is 59.3 Å². The van der Waals surface area contributed by atoms with Crippen molar-refractivity contribution in [2.75, 3.05) is 6.54 Å². The highest BCUT2D eigenvalue weighted by Gasteiger charge is 2.36. The van der Waals surface area contributed by atoms with Crippen molar-refractivity contribution >= 4 is 5.65 Å². The van der Waals surface area contributed by atoms with Gasteiger partial charge in [-0.1, -0.05) is 13.0 Å². The number of aromatic nitrogens is 4. The van der Waals surface area contributed by atoms with E-state index in [2.05, 4.69) is 20.0 Å². The van der Waals surface area contributed by atoms with Gasteiger partial charge in [-0.3, -0.25) is 9.88 Å². The van der Waals surface area contributed by atoms with E-state index in [4.69, 9.17) is 0 Å². The zero-order valence-corrected chi connectivity index (χ0v) is 14.9. The summed E-state index contributed by atoms with van der Waals surface area (Å²) in [6.45, 7) is 3.38. The van der Waals surface area contributed by atoms with E-state index in [9.17, 15) is 13.2 Å². The summed E-state index contributed by atoms with van der Waals surface area (Å²) in [5.74, 6) is 0. The SMILES string of the molecule is CCc1cc(C(F)(F)F)n2nc(C3CCCN3Cc3cccnc3)cc2n1. The first-order valence-corrected chi connectivity index (χ1v) is 9.05. The number of fused-ring (bicyclic) bond motifs is 1. The normalized spacial score (nSPS) is 18.4. The lowest BCUT2D eigenvalue weighted by Crippen LogP contribution is -2.23. The van der Waals surface area contributed by atoms with Gasteiger partial charge in [-0.2, -0.15) is 18.3 Å². The van der Waals surface area contributed by atoms with E-state index in [0.29, 0.717) is 24.4 Å². The summed E-state index contributed by atoms with van der Waals surface area (Å²) in [6.07, 6.45) is 1.36. The van der Waals surface area contributed by atoms with E-state index in [1.165, 1.54) is 0 Å². The van der Waals surface area contributed by atoms with Crippen LogP contribution in [0.1, 0.15) is 48.5 Å². The van der Waals surface area contributed by atoms with Crippen LogP contribution in [0.15, 0.2) is 36.7 Å². The molecule has 4 rings (SSSR count). The summed E-state index contributed by atoms with van der Waals surface area (Å²) in [7, 11) is 0. The smallest absolute Gasteiger partial charge is 0.290 e. The minimum atomic E-state index is -4.47. The van der Waals surface area contributed by atoms with Crippen LogP contribution in [0.3, 0.4) is 0 Å². The number of rotatable bonds is 4. The van der Waals surface area contributed by atoms with Gasteiger partial charge in [0.05, 0.1) is 11.7 Å². The Morgan fingerprint density at radius 3 is 2.81 bits per heavy atom. The summed E-state index contributed by atoms with van der Waals surface area (Å²) < 4.78 is 41.4. The Kier molecular flexibility index (Phi) is 4.59. The lowest BCUT2D eigenvalue weighted by molar-refractivity contribution is -0.142. The van der Waals surface area contributed by atoms with Gasteiger partial charge in [-0.25, -0.2) is 9.50 Å². The molecule has 0 N–H and O–H groups in total. The van der Waals surface area contributed by atoms with Crippen LogP contribution in [0.4, 0.5) is 13.2 Å². The third-order valence-electron chi connectivity index (χ3n) is 4.97. The summed E-state index contributed by atoms with van der Waals surface area (Å²) in [4.78, 5) is 10.7. The van der Waals surface area contributed by atoms with E-state index in [-0.39, 0.29) is 11.7 Å². The molecule has 1 saturated heterocycles. The quantitative estimate of drug-likeness (QED) is 0.690. The van der Waals surface area contributed by atoms with Crippen molar-refractivity contribution in [3.63, 3.8) is 0 Å². The van der Waals surface area contributed by atoms with Crippen molar-refractivity contribution in [2.24, 2.45) is 0 Å². The van der Waals surface area contributed by atoms with Gasteiger partial charge < -0.3 is 0 Å². The van der Waals surface area contributed by atoms with Gasteiger partial charge >= 0.3 is 6.18 Å². The molecule has 0 radical (unpaired) electrons. The van der Waals surface area contributed by atoms with Crippen LogP contribution in [0.5, 0.6) is 0 Å². The van der Waals surface area contributed by atoms with Crippen LogP contribution in [-0.2, 0) is 19.1 Å². The highest BCUT2D eigenvalue weighted by molar-refractivity contribution is 5.43. The highest BCUT2D eigenvalue weighted by atomic mass is 19.4. The zero-order valence-electron chi connectivity index (χ0n) is 14.9. The first-order valence-electron chi connectivity index (χ1n) is 9.05. The summed E-state index contributed by atoms with van der Waals surface area (Å²) in [5, 5.41) is 4.31. The molecule has 0 aliphatic carbocycles. The van der Waals surface area contributed by atoms with Crippen molar-refractivity contribution in [1.82, 2.24) is 24.5 Å². The topological polar surface area (TPSA) is 46.3 Å². The second-order valence-electron chi connectivity index (χ2n) is 6.81. The minimum Gasteiger partial charge on any atom is -0.290 e. The van der Waals surface area contributed by atoms with Crippen LogP contribution in [0.25, 0.3) is 5.65 Å². The van der Waals surface area contributed by atoms with Gasteiger partial charge in [0.25, 0.3) is 0 Å². The maximum Gasteiger partial charge on any atom is 0.433 e. The zero-order chi connectivity index (χ0) is 19.0. The lowest BCUT2D eigenvalue weighted by atomic mass is 10.1. The number of halogens is 3. The number of likely N-dealkylation sites (tertiary alicyclic amines) is 1. The molecule has 0 amide bonds. The molecule has 3 aromatic heterocycles. The molecule has 1 aliphatic rings. The Labute approximate surface area is 154 Å². The average molecular weight is 375 g/mol. The molecular weight excluding hydrogens is 355 g/mol. The number of hydrogen-bond acceptors (Lipinski definition) is 4. The minimum absolute atomic E-state index is 0.0157. The number of nitrogens with zero attached hydrogens (tertiary/aromatic N) is 5. The van der Waals surface area contributed by atoms with Crippen LogP contribution < -0.4 is 0 Å². The van der Waals surface area contributed by atoms with Crippen LogP contribution in [-0.4, -0.2) is 31.0 Å². The van der Waals surface area contributed by atoms with Crippen molar-refractivity contribution in [3.8, 4) is 0 Å². The Morgan fingerprint density at radius 2 is 2.11 bits per heavy atom. The highest BCUT2D eigenvalue weighted by Crippen LogP contribution is 2.35. The molecule has 0 aromatic carbocycles. The van der Waals surface area contributed by atoms with Gasteiger partial charge in [-0.15, -0.1) is 0 Å². The predicted molar refractivity (Wildman–Crippen MR) is 94.0 cm³/mol.